The summed E-state index contributed by atoms with van der Waals surface area (Å²) in [6, 6.07) is 3.43. The Morgan fingerprint density at radius 2 is 2.26 bits per heavy atom. The fraction of sp³-hybridized carbons (Fsp3) is 0.438. The van der Waals surface area contributed by atoms with Crippen molar-refractivity contribution in [3.8, 4) is 0 Å². The molecule has 1 aliphatic rings. The molecule has 7 heteroatoms. The zero-order valence-electron chi connectivity index (χ0n) is 13.3. The van der Waals surface area contributed by atoms with Gasteiger partial charge in [0.1, 0.15) is 5.76 Å². The van der Waals surface area contributed by atoms with Crippen LogP contribution in [-0.2, 0) is 18.4 Å². The van der Waals surface area contributed by atoms with Crippen molar-refractivity contribution in [3.05, 3.63) is 41.6 Å². The largest absolute Gasteiger partial charge is 0.454 e. The molecule has 0 saturated carbocycles. The molecule has 1 saturated heterocycles. The molecule has 2 aromatic rings. The van der Waals surface area contributed by atoms with Crippen molar-refractivity contribution in [3.63, 3.8) is 0 Å². The summed E-state index contributed by atoms with van der Waals surface area (Å²) in [5.41, 5.74) is 1.04. The maximum Gasteiger partial charge on any atom is 0.290 e. The second-order valence-corrected chi connectivity index (χ2v) is 5.78. The van der Waals surface area contributed by atoms with Gasteiger partial charge in [-0.1, -0.05) is 0 Å². The number of aromatic nitrogens is 2. The molecule has 122 valence electrons. The van der Waals surface area contributed by atoms with Gasteiger partial charge in [0.15, 0.2) is 5.76 Å². The van der Waals surface area contributed by atoms with Crippen molar-refractivity contribution in [2.75, 3.05) is 6.54 Å². The molecule has 3 heterocycles. The molecule has 1 atom stereocenters. The number of hydrogen-bond acceptors (Lipinski definition) is 4. The average Bonchev–Trinajstić information content (AvgIpc) is 3.24. The summed E-state index contributed by atoms with van der Waals surface area (Å²) in [7, 11) is 1.87. The topological polar surface area (TPSA) is 80.4 Å². The third kappa shape index (κ3) is 3.28. The SMILES string of the molecule is CC(=O)NCc1ccc(C(=O)N2CCC[C@@H]2c2cnn(C)c2)o1. The van der Waals surface area contributed by atoms with Crippen LogP contribution in [0.1, 0.15) is 47.7 Å². The van der Waals surface area contributed by atoms with Crippen molar-refractivity contribution in [2.24, 2.45) is 7.05 Å². The molecule has 1 N–H and O–H groups in total. The maximum atomic E-state index is 12.7. The van der Waals surface area contributed by atoms with Crippen LogP contribution in [0.2, 0.25) is 0 Å². The third-order valence-electron chi connectivity index (χ3n) is 4.01. The monoisotopic (exact) mass is 316 g/mol. The van der Waals surface area contributed by atoms with E-state index >= 15 is 0 Å². The molecule has 1 fully saturated rings. The smallest absolute Gasteiger partial charge is 0.290 e. The van der Waals surface area contributed by atoms with Crippen molar-refractivity contribution >= 4 is 11.8 Å². The second-order valence-electron chi connectivity index (χ2n) is 5.78. The number of rotatable bonds is 4. The first-order valence-corrected chi connectivity index (χ1v) is 7.67. The van der Waals surface area contributed by atoms with Gasteiger partial charge in [-0.25, -0.2) is 0 Å². The van der Waals surface area contributed by atoms with E-state index < -0.39 is 0 Å². The van der Waals surface area contributed by atoms with Gasteiger partial charge in [-0.2, -0.15) is 5.10 Å². The summed E-state index contributed by atoms with van der Waals surface area (Å²) < 4.78 is 7.32. The molecule has 2 amide bonds. The number of hydrogen-bond donors (Lipinski definition) is 1. The second kappa shape index (κ2) is 6.28. The van der Waals surface area contributed by atoms with Crippen molar-refractivity contribution in [1.29, 1.82) is 0 Å². The van der Waals surface area contributed by atoms with E-state index in [0.717, 1.165) is 18.4 Å². The quantitative estimate of drug-likeness (QED) is 0.929. The highest BCUT2D eigenvalue weighted by atomic mass is 16.4. The highest BCUT2D eigenvalue weighted by molar-refractivity contribution is 5.92. The first kappa shape index (κ1) is 15.3. The van der Waals surface area contributed by atoms with Crippen LogP contribution in [0.25, 0.3) is 0 Å². The lowest BCUT2D eigenvalue weighted by atomic mass is 10.1. The molecule has 7 nitrogen and oxygen atoms in total. The number of aryl methyl sites for hydroxylation is 1. The average molecular weight is 316 g/mol. The summed E-state index contributed by atoms with van der Waals surface area (Å²) >= 11 is 0. The summed E-state index contributed by atoms with van der Waals surface area (Å²) in [5.74, 6) is 0.623. The number of amides is 2. The van der Waals surface area contributed by atoms with E-state index in [1.54, 1.807) is 23.0 Å². The van der Waals surface area contributed by atoms with Crippen LogP contribution in [0.4, 0.5) is 0 Å². The lowest BCUT2D eigenvalue weighted by Crippen LogP contribution is -2.30. The Morgan fingerprint density at radius 1 is 1.43 bits per heavy atom. The molecule has 23 heavy (non-hydrogen) atoms. The molecule has 1 aliphatic heterocycles. The fourth-order valence-electron chi connectivity index (χ4n) is 2.91. The number of furan rings is 1. The normalized spacial score (nSPS) is 17.5. The molecule has 0 radical (unpaired) electrons. The molecule has 2 aromatic heterocycles. The molecule has 0 aromatic carbocycles. The minimum Gasteiger partial charge on any atom is -0.454 e. The minimum absolute atomic E-state index is 0.0418. The number of nitrogens with one attached hydrogen (secondary N) is 1. The van der Waals surface area contributed by atoms with Crippen molar-refractivity contribution in [2.45, 2.75) is 32.4 Å². The molecule has 0 aliphatic carbocycles. The van der Waals surface area contributed by atoms with Gasteiger partial charge in [0.25, 0.3) is 5.91 Å². The predicted octanol–water partition coefficient (Wildman–Crippen LogP) is 1.63. The zero-order chi connectivity index (χ0) is 16.4. The van der Waals surface area contributed by atoms with Crippen LogP contribution in [0.5, 0.6) is 0 Å². The Hall–Kier alpha value is -2.57. The standard InChI is InChI=1S/C16H20N4O3/c1-11(21)17-9-13-5-6-15(23-13)16(22)20-7-3-4-14(20)12-8-18-19(2)10-12/h5-6,8,10,14H,3-4,7,9H2,1-2H3,(H,17,21)/t14-/m1/s1. The molecular weight excluding hydrogens is 296 g/mol. The summed E-state index contributed by atoms with van der Waals surface area (Å²) in [6.07, 6.45) is 5.64. The Balaban J connectivity index is 1.73. The van der Waals surface area contributed by atoms with Gasteiger partial charge in [0.05, 0.1) is 18.8 Å². The summed E-state index contributed by atoms with van der Waals surface area (Å²) in [4.78, 5) is 25.5. The van der Waals surface area contributed by atoms with E-state index in [-0.39, 0.29) is 24.4 Å². The lowest BCUT2D eigenvalue weighted by molar-refractivity contribution is -0.119. The van der Waals surface area contributed by atoms with E-state index in [9.17, 15) is 9.59 Å². The minimum atomic E-state index is -0.134. The molecular formula is C16H20N4O3. The highest BCUT2D eigenvalue weighted by Crippen LogP contribution is 2.33. The van der Waals surface area contributed by atoms with Gasteiger partial charge in [0, 0.05) is 32.3 Å². The molecule has 0 unspecified atom stereocenters. The Labute approximate surface area is 134 Å². The Morgan fingerprint density at radius 3 is 2.96 bits per heavy atom. The van der Waals surface area contributed by atoms with Crippen LogP contribution in [0.15, 0.2) is 28.9 Å². The fourth-order valence-corrected chi connectivity index (χ4v) is 2.91. The van der Waals surface area contributed by atoms with Gasteiger partial charge < -0.3 is 14.6 Å². The van der Waals surface area contributed by atoms with E-state index in [1.807, 2.05) is 18.1 Å². The third-order valence-corrected chi connectivity index (χ3v) is 4.01. The van der Waals surface area contributed by atoms with Gasteiger partial charge in [-0.3, -0.25) is 14.3 Å². The first-order chi connectivity index (χ1) is 11.0. The summed E-state index contributed by atoms with van der Waals surface area (Å²) in [5, 5.41) is 6.84. The van der Waals surface area contributed by atoms with E-state index in [0.29, 0.717) is 18.1 Å². The van der Waals surface area contributed by atoms with Crippen LogP contribution in [-0.4, -0.2) is 33.0 Å². The van der Waals surface area contributed by atoms with E-state index in [4.69, 9.17) is 4.42 Å². The number of likely N-dealkylation sites (tertiary alicyclic amines) is 1. The number of carbonyl (C=O) groups excluding carboxylic acids is 2. The van der Waals surface area contributed by atoms with Crippen LogP contribution >= 0.6 is 0 Å². The van der Waals surface area contributed by atoms with Gasteiger partial charge in [0.2, 0.25) is 5.91 Å². The number of carbonyl (C=O) groups is 2. The van der Waals surface area contributed by atoms with Gasteiger partial charge in [-0.05, 0) is 25.0 Å². The van der Waals surface area contributed by atoms with Crippen molar-refractivity contribution in [1.82, 2.24) is 20.0 Å². The molecule has 0 spiro atoms. The summed E-state index contributed by atoms with van der Waals surface area (Å²) in [6.45, 7) is 2.44. The lowest BCUT2D eigenvalue weighted by Gasteiger charge is -2.22. The highest BCUT2D eigenvalue weighted by Gasteiger charge is 2.32. The first-order valence-electron chi connectivity index (χ1n) is 7.67. The van der Waals surface area contributed by atoms with Crippen LogP contribution < -0.4 is 5.32 Å². The maximum absolute atomic E-state index is 12.7. The van der Waals surface area contributed by atoms with Crippen molar-refractivity contribution < 1.29 is 14.0 Å². The van der Waals surface area contributed by atoms with Gasteiger partial charge >= 0.3 is 0 Å². The predicted molar refractivity (Wildman–Crippen MR) is 82.4 cm³/mol. The van der Waals surface area contributed by atoms with Crippen LogP contribution in [0.3, 0.4) is 0 Å². The van der Waals surface area contributed by atoms with E-state index in [2.05, 4.69) is 10.4 Å². The number of nitrogens with zero attached hydrogens (tertiary/aromatic N) is 3. The molecule has 3 rings (SSSR count). The Kier molecular flexibility index (Phi) is 4.18. The van der Waals surface area contributed by atoms with E-state index in [1.165, 1.54) is 6.92 Å². The Bertz CT molecular complexity index is 718. The zero-order valence-corrected chi connectivity index (χ0v) is 13.3. The molecule has 0 bridgehead atoms. The van der Waals surface area contributed by atoms with Gasteiger partial charge in [-0.15, -0.1) is 0 Å². The van der Waals surface area contributed by atoms with Crippen LogP contribution in [0, 0.1) is 0 Å².